The summed E-state index contributed by atoms with van der Waals surface area (Å²) in [6.45, 7) is 7.04. The maximum atomic E-state index is 12.4. The molecular formula is C14H18BrNO3. The molecule has 0 saturated carbocycles. The van der Waals surface area contributed by atoms with Crippen molar-refractivity contribution in [2.75, 3.05) is 6.54 Å². The Morgan fingerprint density at radius 1 is 1.32 bits per heavy atom. The fourth-order valence-electron chi connectivity index (χ4n) is 1.68. The van der Waals surface area contributed by atoms with Gasteiger partial charge in [-0.05, 0) is 51.5 Å². The number of amides is 1. The van der Waals surface area contributed by atoms with E-state index in [2.05, 4.69) is 15.9 Å². The lowest BCUT2D eigenvalue weighted by atomic mass is 10.0. The summed E-state index contributed by atoms with van der Waals surface area (Å²) in [4.78, 5) is 24.7. The molecule has 104 valence electrons. The molecule has 0 aromatic heterocycles. The van der Waals surface area contributed by atoms with Gasteiger partial charge in [-0.15, -0.1) is 0 Å². The number of carboxylic acids is 1. The molecule has 0 aliphatic rings. The summed E-state index contributed by atoms with van der Waals surface area (Å²) in [5.41, 5.74) is 0.892. The molecule has 0 aliphatic heterocycles. The summed E-state index contributed by atoms with van der Waals surface area (Å²) in [6, 6.07) is 5.25. The Morgan fingerprint density at radius 2 is 1.89 bits per heavy atom. The highest BCUT2D eigenvalue weighted by Gasteiger charge is 2.29. The van der Waals surface area contributed by atoms with Gasteiger partial charge in [0.05, 0.1) is 0 Å². The maximum absolute atomic E-state index is 12.4. The van der Waals surface area contributed by atoms with Crippen LogP contribution < -0.4 is 0 Å². The molecule has 0 fully saturated rings. The number of halogens is 1. The first-order chi connectivity index (χ1) is 8.62. The first kappa shape index (κ1) is 15.7. The second kappa shape index (κ2) is 5.74. The van der Waals surface area contributed by atoms with Crippen LogP contribution in [-0.4, -0.2) is 34.0 Å². The summed E-state index contributed by atoms with van der Waals surface area (Å²) in [5, 5.41) is 8.94. The van der Waals surface area contributed by atoms with Crippen LogP contribution in [-0.2, 0) is 4.79 Å². The number of aryl methyl sites for hydroxylation is 1. The maximum Gasteiger partial charge on any atom is 0.323 e. The molecule has 0 saturated heterocycles. The highest BCUT2D eigenvalue weighted by atomic mass is 79.9. The Balaban J connectivity index is 3.12. The van der Waals surface area contributed by atoms with E-state index < -0.39 is 11.5 Å². The smallest absolute Gasteiger partial charge is 0.323 e. The van der Waals surface area contributed by atoms with Crippen LogP contribution >= 0.6 is 15.9 Å². The zero-order chi connectivity index (χ0) is 14.8. The molecule has 1 aromatic rings. The predicted octanol–water partition coefficient (Wildman–Crippen LogP) is 3.08. The monoisotopic (exact) mass is 327 g/mol. The van der Waals surface area contributed by atoms with Crippen molar-refractivity contribution < 1.29 is 14.7 Å². The van der Waals surface area contributed by atoms with Gasteiger partial charge in [0, 0.05) is 15.6 Å². The molecule has 0 heterocycles. The van der Waals surface area contributed by atoms with Crippen LogP contribution in [0, 0.1) is 6.92 Å². The van der Waals surface area contributed by atoms with Crippen molar-refractivity contribution in [1.29, 1.82) is 0 Å². The van der Waals surface area contributed by atoms with Gasteiger partial charge >= 0.3 is 5.97 Å². The van der Waals surface area contributed by atoms with Crippen molar-refractivity contribution in [1.82, 2.24) is 4.90 Å². The van der Waals surface area contributed by atoms with Crippen LogP contribution in [0.1, 0.15) is 36.7 Å². The number of carbonyl (C=O) groups is 2. The van der Waals surface area contributed by atoms with Crippen molar-refractivity contribution >= 4 is 27.8 Å². The van der Waals surface area contributed by atoms with Crippen molar-refractivity contribution in [3.05, 3.63) is 33.8 Å². The third-order valence-electron chi connectivity index (χ3n) is 2.75. The van der Waals surface area contributed by atoms with Crippen LogP contribution in [0.3, 0.4) is 0 Å². The van der Waals surface area contributed by atoms with E-state index in [0.717, 1.165) is 10.0 Å². The fourth-order valence-corrected chi connectivity index (χ4v) is 1.93. The molecule has 0 aliphatic carbocycles. The molecule has 0 unspecified atom stereocenters. The van der Waals surface area contributed by atoms with Crippen molar-refractivity contribution in [2.45, 2.75) is 33.2 Å². The molecule has 0 bridgehead atoms. The van der Waals surface area contributed by atoms with Gasteiger partial charge in [-0.3, -0.25) is 9.59 Å². The van der Waals surface area contributed by atoms with Crippen LogP contribution in [0.5, 0.6) is 0 Å². The number of benzene rings is 1. The lowest BCUT2D eigenvalue weighted by Crippen LogP contribution is -2.48. The first-order valence-electron chi connectivity index (χ1n) is 5.93. The van der Waals surface area contributed by atoms with Crippen molar-refractivity contribution in [3.63, 3.8) is 0 Å². The van der Waals surface area contributed by atoms with E-state index in [1.807, 2.05) is 27.7 Å². The first-order valence-corrected chi connectivity index (χ1v) is 6.72. The third kappa shape index (κ3) is 4.06. The topological polar surface area (TPSA) is 57.6 Å². The summed E-state index contributed by atoms with van der Waals surface area (Å²) >= 11 is 3.38. The van der Waals surface area contributed by atoms with Crippen LogP contribution in [0.25, 0.3) is 0 Å². The average molecular weight is 328 g/mol. The molecular weight excluding hydrogens is 310 g/mol. The van der Waals surface area contributed by atoms with Crippen LogP contribution in [0.2, 0.25) is 0 Å². The predicted molar refractivity (Wildman–Crippen MR) is 77.3 cm³/mol. The van der Waals surface area contributed by atoms with E-state index in [1.54, 1.807) is 18.2 Å². The normalized spacial score (nSPS) is 11.2. The van der Waals surface area contributed by atoms with Gasteiger partial charge in [0.2, 0.25) is 0 Å². The molecule has 5 heteroatoms. The summed E-state index contributed by atoms with van der Waals surface area (Å²) in [5.74, 6) is -1.29. The van der Waals surface area contributed by atoms with E-state index in [-0.39, 0.29) is 12.5 Å². The van der Waals surface area contributed by atoms with Crippen molar-refractivity contribution in [3.8, 4) is 0 Å². The van der Waals surface area contributed by atoms with Gasteiger partial charge < -0.3 is 10.0 Å². The highest BCUT2D eigenvalue weighted by molar-refractivity contribution is 9.10. The zero-order valence-electron chi connectivity index (χ0n) is 11.5. The van der Waals surface area contributed by atoms with E-state index in [1.165, 1.54) is 4.90 Å². The molecule has 4 nitrogen and oxygen atoms in total. The molecule has 0 atom stereocenters. The van der Waals surface area contributed by atoms with Crippen molar-refractivity contribution in [2.24, 2.45) is 0 Å². The second-order valence-corrected chi connectivity index (χ2v) is 6.27. The number of hydrogen-bond donors (Lipinski definition) is 1. The van der Waals surface area contributed by atoms with Gasteiger partial charge in [-0.1, -0.05) is 15.9 Å². The number of carbonyl (C=O) groups excluding carboxylic acids is 1. The molecule has 1 aromatic carbocycles. The number of aliphatic carboxylic acids is 1. The van der Waals surface area contributed by atoms with E-state index in [0.29, 0.717) is 5.56 Å². The molecule has 0 radical (unpaired) electrons. The van der Waals surface area contributed by atoms with Gasteiger partial charge in [-0.2, -0.15) is 0 Å². The lowest BCUT2D eigenvalue weighted by Gasteiger charge is -2.34. The standard InChI is InChI=1S/C14H18BrNO3/c1-9-7-10(5-6-11(9)15)13(19)16(8-12(17)18)14(2,3)4/h5-7H,8H2,1-4H3,(H,17,18). The molecule has 1 amide bonds. The third-order valence-corrected chi connectivity index (χ3v) is 3.64. The highest BCUT2D eigenvalue weighted by Crippen LogP contribution is 2.21. The second-order valence-electron chi connectivity index (χ2n) is 5.42. The minimum Gasteiger partial charge on any atom is -0.480 e. The summed E-state index contributed by atoms with van der Waals surface area (Å²) in [7, 11) is 0. The minimum atomic E-state index is -1.02. The van der Waals surface area contributed by atoms with Gasteiger partial charge in [-0.25, -0.2) is 0 Å². The Kier molecular flexibility index (Phi) is 4.74. The average Bonchev–Trinajstić information content (AvgIpc) is 2.27. The number of carboxylic acid groups (broad SMARTS) is 1. The minimum absolute atomic E-state index is 0.273. The van der Waals surface area contributed by atoms with Crippen LogP contribution in [0.4, 0.5) is 0 Å². The zero-order valence-corrected chi connectivity index (χ0v) is 13.1. The molecule has 0 spiro atoms. The summed E-state index contributed by atoms with van der Waals surface area (Å²) in [6.07, 6.45) is 0. The Bertz CT molecular complexity index is 506. The fraction of sp³-hybridized carbons (Fsp3) is 0.429. The Morgan fingerprint density at radius 3 is 2.32 bits per heavy atom. The van der Waals surface area contributed by atoms with Gasteiger partial charge in [0.15, 0.2) is 0 Å². The number of rotatable bonds is 3. The van der Waals surface area contributed by atoms with Gasteiger partial charge in [0.25, 0.3) is 5.91 Å². The number of nitrogens with zero attached hydrogens (tertiary/aromatic N) is 1. The van der Waals surface area contributed by atoms with E-state index in [9.17, 15) is 9.59 Å². The van der Waals surface area contributed by atoms with E-state index in [4.69, 9.17) is 5.11 Å². The lowest BCUT2D eigenvalue weighted by molar-refractivity contribution is -0.138. The van der Waals surface area contributed by atoms with Crippen LogP contribution in [0.15, 0.2) is 22.7 Å². The van der Waals surface area contributed by atoms with Gasteiger partial charge in [0.1, 0.15) is 6.54 Å². The SMILES string of the molecule is Cc1cc(C(=O)N(CC(=O)O)C(C)(C)C)ccc1Br. The summed E-state index contributed by atoms with van der Waals surface area (Å²) < 4.78 is 0.921. The Hall–Kier alpha value is -1.36. The molecule has 1 N–H and O–H groups in total. The Labute approximate surface area is 121 Å². The van der Waals surface area contributed by atoms with E-state index >= 15 is 0 Å². The molecule has 1 rings (SSSR count). The molecule has 19 heavy (non-hydrogen) atoms. The largest absolute Gasteiger partial charge is 0.480 e. The quantitative estimate of drug-likeness (QED) is 0.928. The number of hydrogen-bond acceptors (Lipinski definition) is 2.